The Hall–Kier alpha value is -2.17. The van der Waals surface area contributed by atoms with Crippen LogP contribution < -0.4 is 5.32 Å². The van der Waals surface area contributed by atoms with Crippen molar-refractivity contribution in [3.63, 3.8) is 0 Å². The van der Waals surface area contributed by atoms with E-state index in [0.717, 1.165) is 37.2 Å². The van der Waals surface area contributed by atoms with Gasteiger partial charge in [0.15, 0.2) is 0 Å². The molecule has 0 unspecified atom stereocenters. The van der Waals surface area contributed by atoms with Gasteiger partial charge in [0.05, 0.1) is 12.6 Å². The molecule has 1 saturated heterocycles. The standard InChI is InChI=1S/C21H26N2O2/c1-16-7-9-19(10-8-16)22-20(24)15-23-13-11-18(12-14-23)21(25)17-5-3-2-4-6-17/h2-10,18,21,25H,11-15H2,1H3,(H,22,24)/t21-/m1/s1. The molecule has 1 aliphatic rings. The van der Waals surface area contributed by atoms with Crippen LogP contribution >= 0.6 is 0 Å². The number of piperidine rings is 1. The third-order valence-corrected chi connectivity index (χ3v) is 4.92. The normalized spacial score (nSPS) is 17.2. The number of carbonyl (C=O) groups is 1. The number of nitrogens with zero attached hydrogens (tertiary/aromatic N) is 1. The summed E-state index contributed by atoms with van der Waals surface area (Å²) >= 11 is 0. The lowest BCUT2D eigenvalue weighted by atomic mass is 9.87. The number of aliphatic hydroxyl groups excluding tert-OH is 1. The van der Waals surface area contributed by atoms with Gasteiger partial charge in [-0.3, -0.25) is 9.69 Å². The molecular formula is C21H26N2O2. The smallest absolute Gasteiger partial charge is 0.238 e. The molecule has 0 spiro atoms. The lowest BCUT2D eigenvalue weighted by Crippen LogP contribution is -2.40. The molecule has 132 valence electrons. The van der Waals surface area contributed by atoms with Crippen LogP contribution in [0.15, 0.2) is 54.6 Å². The molecule has 2 aromatic rings. The fourth-order valence-electron chi connectivity index (χ4n) is 3.39. The first-order chi connectivity index (χ1) is 12.1. The zero-order valence-corrected chi connectivity index (χ0v) is 14.7. The van der Waals surface area contributed by atoms with Crippen molar-refractivity contribution in [2.24, 2.45) is 5.92 Å². The summed E-state index contributed by atoms with van der Waals surface area (Å²) < 4.78 is 0. The summed E-state index contributed by atoms with van der Waals surface area (Å²) in [6.07, 6.45) is 1.41. The van der Waals surface area contributed by atoms with E-state index in [4.69, 9.17) is 0 Å². The fourth-order valence-corrected chi connectivity index (χ4v) is 3.39. The van der Waals surface area contributed by atoms with E-state index >= 15 is 0 Å². The third kappa shape index (κ3) is 4.91. The molecule has 0 aromatic heterocycles. The molecule has 1 amide bonds. The number of benzene rings is 2. The van der Waals surface area contributed by atoms with Crippen molar-refractivity contribution in [3.05, 3.63) is 65.7 Å². The minimum atomic E-state index is -0.412. The van der Waals surface area contributed by atoms with Gasteiger partial charge in [-0.05, 0) is 56.5 Å². The molecule has 2 aromatic carbocycles. The van der Waals surface area contributed by atoms with Crippen LogP contribution in [0.1, 0.15) is 30.1 Å². The van der Waals surface area contributed by atoms with Crippen LogP contribution in [0.4, 0.5) is 5.69 Å². The molecular weight excluding hydrogens is 312 g/mol. The van der Waals surface area contributed by atoms with E-state index < -0.39 is 6.10 Å². The van der Waals surface area contributed by atoms with Crippen LogP contribution in [0, 0.1) is 12.8 Å². The summed E-state index contributed by atoms with van der Waals surface area (Å²) in [6.45, 7) is 4.12. The van der Waals surface area contributed by atoms with E-state index in [1.165, 1.54) is 5.56 Å². The number of anilines is 1. The lowest BCUT2D eigenvalue weighted by Gasteiger charge is -2.34. The van der Waals surface area contributed by atoms with Crippen LogP contribution in [0.2, 0.25) is 0 Å². The van der Waals surface area contributed by atoms with E-state index in [1.54, 1.807) is 0 Å². The van der Waals surface area contributed by atoms with Crippen molar-refractivity contribution < 1.29 is 9.90 Å². The highest BCUT2D eigenvalue weighted by Crippen LogP contribution is 2.30. The van der Waals surface area contributed by atoms with E-state index in [9.17, 15) is 9.90 Å². The van der Waals surface area contributed by atoms with Crippen molar-refractivity contribution in [2.45, 2.75) is 25.9 Å². The number of aryl methyl sites for hydroxylation is 1. The van der Waals surface area contributed by atoms with Gasteiger partial charge in [-0.25, -0.2) is 0 Å². The van der Waals surface area contributed by atoms with E-state index in [2.05, 4.69) is 10.2 Å². The Morgan fingerprint density at radius 3 is 2.40 bits per heavy atom. The number of aliphatic hydroxyl groups is 1. The topological polar surface area (TPSA) is 52.6 Å². The predicted octanol–water partition coefficient (Wildman–Crippen LogP) is 3.38. The third-order valence-electron chi connectivity index (χ3n) is 4.92. The molecule has 1 heterocycles. The Bertz CT molecular complexity index is 677. The molecule has 0 aliphatic carbocycles. The summed E-state index contributed by atoms with van der Waals surface area (Å²) in [5.74, 6) is 0.282. The van der Waals surface area contributed by atoms with Gasteiger partial charge in [0, 0.05) is 5.69 Å². The first kappa shape index (κ1) is 17.6. The molecule has 0 bridgehead atoms. The minimum absolute atomic E-state index is 0.0194. The number of nitrogens with one attached hydrogen (secondary N) is 1. The number of amides is 1. The maximum Gasteiger partial charge on any atom is 0.238 e. The first-order valence-corrected chi connectivity index (χ1v) is 8.94. The average Bonchev–Trinajstić information content (AvgIpc) is 2.64. The highest BCUT2D eigenvalue weighted by atomic mass is 16.3. The Morgan fingerprint density at radius 2 is 1.76 bits per heavy atom. The molecule has 3 rings (SSSR count). The summed E-state index contributed by atoms with van der Waals surface area (Å²) in [7, 11) is 0. The van der Waals surface area contributed by atoms with Crippen LogP contribution in [0.25, 0.3) is 0 Å². The van der Waals surface area contributed by atoms with Gasteiger partial charge in [0.25, 0.3) is 0 Å². The molecule has 4 heteroatoms. The molecule has 0 saturated carbocycles. The Balaban J connectivity index is 1.46. The fraction of sp³-hybridized carbons (Fsp3) is 0.381. The van der Waals surface area contributed by atoms with Gasteiger partial charge in [0.2, 0.25) is 5.91 Å². The number of hydrogen-bond acceptors (Lipinski definition) is 3. The second-order valence-corrected chi connectivity index (χ2v) is 6.88. The van der Waals surface area contributed by atoms with Crippen molar-refractivity contribution in [1.82, 2.24) is 4.90 Å². The van der Waals surface area contributed by atoms with Gasteiger partial charge >= 0.3 is 0 Å². The largest absolute Gasteiger partial charge is 0.388 e. The van der Waals surface area contributed by atoms with Crippen molar-refractivity contribution in [1.29, 1.82) is 0 Å². The Labute approximate surface area is 149 Å². The van der Waals surface area contributed by atoms with Crippen molar-refractivity contribution in [2.75, 3.05) is 25.0 Å². The van der Waals surface area contributed by atoms with Gasteiger partial charge in [-0.15, -0.1) is 0 Å². The SMILES string of the molecule is Cc1ccc(NC(=O)CN2CCC([C@H](O)c3ccccc3)CC2)cc1. The highest BCUT2D eigenvalue weighted by Gasteiger charge is 2.26. The minimum Gasteiger partial charge on any atom is -0.388 e. The maximum atomic E-state index is 12.2. The number of carbonyl (C=O) groups excluding carboxylic acids is 1. The van der Waals surface area contributed by atoms with Gasteiger partial charge < -0.3 is 10.4 Å². The van der Waals surface area contributed by atoms with Gasteiger partial charge in [-0.2, -0.15) is 0 Å². The molecule has 2 N–H and O–H groups in total. The lowest BCUT2D eigenvalue weighted by molar-refractivity contribution is -0.117. The summed E-state index contributed by atoms with van der Waals surface area (Å²) in [5, 5.41) is 13.5. The van der Waals surface area contributed by atoms with Crippen molar-refractivity contribution in [3.8, 4) is 0 Å². The van der Waals surface area contributed by atoms with E-state index in [1.807, 2.05) is 61.5 Å². The van der Waals surface area contributed by atoms with Crippen LogP contribution in [-0.2, 0) is 4.79 Å². The second-order valence-electron chi connectivity index (χ2n) is 6.88. The summed E-state index contributed by atoms with van der Waals surface area (Å²) in [4.78, 5) is 14.4. The zero-order valence-electron chi connectivity index (χ0n) is 14.7. The zero-order chi connectivity index (χ0) is 17.6. The number of rotatable bonds is 5. The predicted molar refractivity (Wildman–Crippen MR) is 100 cm³/mol. The molecule has 1 aliphatic heterocycles. The second kappa shape index (κ2) is 8.28. The quantitative estimate of drug-likeness (QED) is 0.879. The monoisotopic (exact) mass is 338 g/mol. The van der Waals surface area contributed by atoms with E-state index in [0.29, 0.717) is 6.54 Å². The van der Waals surface area contributed by atoms with Crippen molar-refractivity contribution >= 4 is 11.6 Å². The molecule has 4 nitrogen and oxygen atoms in total. The molecule has 25 heavy (non-hydrogen) atoms. The Morgan fingerprint density at radius 1 is 1.12 bits per heavy atom. The Kier molecular flexibility index (Phi) is 5.84. The van der Waals surface area contributed by atoms with Gasteiger partial charge in [-0.1, -0.05) is 48.0 Å². The summed E-state index contributed by atoms with van der Waals surface area (Å²) in [5.41, 5.74) is 3.00. The van der Waals surface area contributed by atoms with Crippen LogP contribution in [-0.4, -0.2) is 35.5 Å². The molecule has 1 fully saturated rings. The first-order valence-electron chi connectivity index (χ1n) is 8.94. The summed E-state index contributed by atoms with van der Waals surface area (Å²) in [6, 6.07) is 17.7. The van der Waals surface area contributed by atoms with E-state index in [-0.39, 0.29) is 11.8 Å². The number of hydrogen-bond donors (Lipinski definition) is 2. The van der Waals surface area contributed by atoms with Crippen LogP contribution in [0.5, 0.6) is 0 Å². The highest BCUT2D eigenvalue weighted by molar-refractivity contribution is 5.92. The van der Waals surface area contributed by atoms with Crippen LogP contribution in [0.3, 0.4) is 0 Å². The average molecular weight is 338 g/mol. The number of likely N-dealkylation sites (tertiary alicyclic amines) is 1. The molecule has 0 radical (unpaired) electrons. The van der Waals surface area contributed by atoms with Gasteiger partial charge in [0.1, 0.15) is 0 Å². The maximum absolute atomic E-state index is 12.2. The molecule has 1 atom stereocenters.